The van der Waals surface area contributed by atoms with Crippen molar-refractivity contribution in [2.45, 2.75) is 51.4 Å². The number of aliphatic carboxylic acids is 1. The highest BCUT2D eigenvalue weighted by Crippen LogP contribution is 2.58. The molecule has 1 aromatic rings. The first kappa shape index (κ1) is 17.6. The molecule has 140 valence electrons. The van der Waals surface area contributed by atoms with Crippen molar-refractivity contribution in [3.8, 4) is 0 Å². The summed E-state index contributed by atoms with van der Waals surface area (Å²) in [5.74, 6) is 1.10. The van der Waals surface area contributed by atoms with E-state index in [2.05, 4.69) is 29.2 Å². The topological polar surface area (TPSA) is 57.6 Å². The highest BCUT2D eigenvalue weighted by Gasteiger charge is 2.56. The Morgan fingerprint density at radius 1 is 1.08 bits per heavy atom. The second-order valence-corrected chi connectivity index (χ2v) is 8.73. The molecule has 4 rings (SSSR count). The Kier molecular flexibility index (Phi) is 4.76. The molecule has 2 bridgehead atoms. The van der Waals surface area contributed by atoms with Crippen LogP contribution in [0.2, 0.25) is 0 Å². The zero-order valence-corrected chi connectivity index (χ0v) is 15.4. The number of rotatable bonds is 5. The molecule has 0 aromatic heterocycles. The number of carbonyl (C=O) groups excluding carboxylic acids is 1. The summed E-state index contributed by atoms with van der Waals surface area (Å²) < 4.78 is 0. The van der Waals surface area contributed by atoms with E-state index in [-0.39, 0.29) is 17.8 Å². The molecule has 3 aliphatic rings. The molecule has 4 nitrogen and oxygen atoms in total. The molecule has 1 amide bonds. The second-order valence-electron chi connectivity index (χ2n) is 8.73. The Morgan fingerprint density at radius 3 is 2.38 bits per heavy atom. The molecule has 0 radical (unpaired) electrons. The van der Waals surface area contributed by atoms with Gasteiger partial charge in [-0.2, -0.15) is 0 Å². The third kappa shape index (κ3) is 3.26. The van der Waals surface area contributed by atoms with Crippen LogP contribution in [0, 0.1) is 23.2 Å². The second kappa shape index (κ2) is 7.05. The van der Waals surface area contributed by atoms with Crippen LogP contribution < -0.4 is 0 Å². The predicted molar refractivity (Wildman–Crippen MR) is 99.6 cm³/mol. The van der Waals surface area contributed by atoms with Gasteiger partial charge in [-0.05, 0) is 61.8 Å². The van der Waals surface area contributed by atoms with Gasteiger partial charge in [-0.25, -0.2) is 0 Å². The van der Waals surface area contributed by atoms with Crippen molar-refractivity contribution in [1.82, 2.24) is 4.90 Å². The van der Waals surface area contributed by atoms with E-state index in [0.717, 1.165) is 44.7 Å². The van der Waals surface area contributed by atoms with Crippen molar-refractivity contribution in [2.24, 2.45) is 23.2 Å². The van der Waals surface area contributed by atoms with Crippen LogP contribution in [0.25, 0.3) is 0 Å². The number of piperidine rings is 1. The van der Waals surface area contributed by atoms with E-state index in [4.69, 9.17) is 5.11 Å². The molecule has 3 atom stereocenters. The Hall–Kier alpha value is -1.84. The molecular weight excluding hydrogens is 326 g/mol. The van der Waals surface area contributed by atoms with Crippen LogP contribution in [0.5, 0.6) is 0 Å². The molecule has 1 saturated heterocycles. The molecule has 1 heterocycles. The molecule has 4 heteroatoms. The van der Waals surface area contributed by atoms with E-state index in [0.29, 0.717) is 11.8 Å². The lowest BCUT2D eigenvalue weighted by Crippen LogP contribution is -2.50. The Balaban J connectivity index is 1.50. The van der Waals surface area contributed by atoms with Gasteiger partial charge in [-0.3, -0.25) is 9.59 Å². The molecular formula is C22H29NO3. The SMILES string of the molecule is O=C(O)CC1CCN(C(=O)C2(Cc3ccccc3)CC3CCC2C3)CC1. The van der Waals surface area contributed by atoms with E-state index in [9.17, 15) is 9.59 Å². The number of hydrogen-bond acceptors (Lipinski definition) is 2. The predicted octanol–water partition coefficient (Wildman–Crippen LogP) is 3.75. The van der Waals surface area contributed by atoms with Crippen LogP contribution in [0.3, 0.4) is 0 Å². The zero-order chi connectivity index (χ0) is 18.1. The van der Waals surface area contributed by atoms with Gasteiger partial charge >= 0.3 is 5.97 Å². The lowest BCUT2D eigenvalue weighted by molar-refractivity contribution is -0.147. The van der Waals surface area contributed by atoms with Crippen molar-refractivity contribution in [3.63, 3.8) is 0 Å². The smallest absolute Gasteiger partial charge is 0.303 e. The molecule has 1 aromatic carbocycles. The van der Waals surface area contributed by atoms with Crippen LogP contribution in [-0.2, 0) is 16.0 Å². The van der Waals surface area contributed by atoms with Crippen LogP contribution in [0.15, 0.2) is 30.3 Å². The summed E-state index contributed by atoms with van der Waals surface area (Å²) in [5.41, 5.74) is 1.05. The third-order valence-electron chi connectivity index (χ3n) is 7.13. The summed E-state index contributed by atoms with van der Waals surface area (Å²) in [6, 6.07) is 10.5. The van der Waals surface area contributed by atoms with E-state index in [1.54, 1.807) is 0 Å². The van der Waals surface area contributed by atoms with Crippen LogP contribution >= 0.6 is 0 Å². The van der Waals surface area contributed by atoms with E-state index in [1.165, 1.54) is 24.8 Å². The first-order valence-corrected chi connectivity index (χ1v) is 10.1. The Labute approximate surface area is 155 Å². The number of amides is 1. The molecule has 1 N–H and O–H groups in total. The Bertz CT molecular complexity index is 665. The summed E-state index contributed by atoms with van der Waals surface area (Å²) in [5, 5.41) is 9.01. The number of benzene rings is 1. The van der Waals surface area contributed by atoms with E-state index < -0.39 is 5.97 Å². The maximum Gasteiger partial charge on any atom is 0.303 e. The number of carboxylic acids is 1. The largest absolute Gasteiger partial charge is 0.481 e. The maximum atomic E-state index is 13.7. The molecule has 0 spiro atoms. The van der Waals surface area contributed by atoms with Crippen molar-refractivity contribution < 1.29 is 14.7 Å². The van der Waals surface area contributed by atoms with Gasteiger partial charge in [0.2, 0.25) is 5.91 Å². The molecule has 26 heavy (non-hydrogen) atoms. The third-order valence-corrected chi connectivity index (χ3v) is 7.13. The van der Waals surface area contributed by atoms with Crippen molar-refractivity contribution in [1.29, 1.82) is 0 Å². The quantitative estimate of drug-likeness (QED) is 0.875. The van der Waals surface area contributed by atoms with Gasteiger partial charge in [0.25, 0.3) is 0 Å². The summed E-state index contributed by atoms with van der Waals surface area (Å²) in [6.45, 7) is 1.45. The minimum atomic E-state index is -0.719. The summed E-state index contributed by atoms with van der Waals surface area (Å²) in [4.78, 5) is 26.7. The van der Waals surface area contributed by atoms with E-state index >= 15 is 0 Å². The zero-order valence-electron chi connectivity index (χ0n) is 15.4. The van der Waals surface area contributed by atoms with Crippen LogP contribution in [0.4, 0.5) is 0 Å². The molecule has 2 saturated carbocycles. The first-order chi connectivity index (χ1) is 12.6. The van der Waals surface area contributed by atoms with Crippen LogP contribution in [0.1, 0.15) is 50.5 Å². The minimum Gasteiger partial charge on any atom is -0.481 e. The highest BCUT2D eigenvalue weighted by atomic mass is 16.4. The van der Waals surface area contributed by atoms with Gasteiger partial charge in [-0.1, -0.05) is 36.8 Å². The number of likely N-dealkylation sites (tertiary alicyclic amines) is 1. The molecule has 3 unspecified atom stereocenters. The number of carboxylic acid groups (broad SMARTS) is 1. The number of nitrogens with zero attached hydrogens (tertiary/aromatic N) is 1. The van der Waals surface area contributed by atoms with Crippen molar-refractivity contribution in [2.75, 3.05) is 13.1 Å². The van der Waals surface area contributed by atoms with Gasteiger partial charge in [0.15, 0.2) is 0 Å². The lowest BCUT2D eigenvalue weighted by atomic mass is 9.68. The molecule has 3 fully saturated rings. The summed E-state index contributed by atoms with van der Waals surface area (Å²) >= 11 is 0. The monoisotopic (exact) mass is 355 g/mol. The highest BCUT2D eigenvalue weighted by molar-refractivity contribution is 5.84. The lowest BCUT2D eigenvalue weighted by Gasteiger charge is -2.42. The van der Waals surface area contributed by atoms with Gasteiger partial charge in [0.1, 0.15) is 0 Å². The van der Waals surface area contributed by atoms with Crippen molar-refractivity contribution >= 4 is 11.9 Å². The fourth-order valence-electron chi connectivity index (χ4n) is 5.86. The van der Waals surface area contributed by atoms with Gasteiger partial charge < -0.3 is 10.0 Å². The molecule has 1 aliphatic heterocycles. The standard InChI is InChI=1S/C22H29NO3/c24-20(25)13-16-8-10-23(11-9-16)21(26)22(14-17-4-2-1-3-5-17)15-18-6-7-19(22)12-18/h1-5,16,18-19H,6-15H2,(H,24,25). The fourth-order valence-corrected chi connectivity index (χ4v) is 5.86. The molecule has 2 aliphatic carbocycles. The normalized spacial score (nSPS) is 31.3. The van der Waals surface area contributed by atoms with Crippen LogP contribution in [-0.4, -0.2) is 35.0 Å². The average molecular weight is 355 g/mol. The first-order valence-electron chi connectivity index (χ1n) is 10.1. The minimum absolute atomic E-state index is 0.218. The summed E-state index contributed by atoms with van der Waals surface area (Å²) in [6.07, 6.45) is 7.49. The number of carbonyl (C=O) groups is 2. The number of fused-ring (bicyclic) bond motifs is 2. The number of hydrogen-bond donors (Lipinski definition) is 1. The summed E-state index contributed by atoms with van der Waals surface area (Å²) in [7, 11) is 0. The van der Waals surface area contributed by atoms with E-state index in [1.807, 2.05) is 6.07 Å². The fraction of sp³-hybridized carbons (Fsp3) is 0.636. The van der Waals surface area contributed by atoms with Gasteiger partial charge in [0, 0.05) is 19.5 Å². The Morgan fingerprint density at radius 2 is 1.81 bits per heavy atom. The van der Waals surface area contributed by atoms with Gasteiger partial charge in [0.05, 0.1) is 5.41 Å². The maximum absolute atomic E-state index is 13.7. The average Bonchev–Trinajstić information content (AvgIpc) is 3.24. The van der Waals surface area contributed by atoms with Crippen molar-refractivity contribution in [3.05, 3.63) is 35.9 Å². The van der Waals surface area contributed by atoms with Gasteiger partial charge in [-0.15, -0.1) is 0 Å².